The smallest absolute Gasteiger partial charge is 0.184 e. The van der Waals surface area contributed by atoms with E-state index >= 15 is 0 Å². The Kier molecular flexibility index (Phi) is 10.1. The molecule has 0 aromatic heterocycles. The molecule has 0 aliphatic heterocycles. The van der Waals surface area contributed by atoms with Gasteiger partial charge in [-0.2, -0.15) is 0 Å². The Bertz CT molecular complexity index is 163. The molecule has 0 radical (unpaired) electrons. The Labute approximate surface area is 87.6 Å². The molecule has 0 rings (SSSR count). The topological polar surface area (TPSA) is 18.5 Å². The summed E-state index contributed by atoms with van der Waals surface area (Å²) in [6.45, 7) is 7.43. The van der Waals surface area contributed by atoms with Gasteiger partial charge in [-0.05, 0) is 32.8 Å². The fourth-order valence-corrected chi connectivity index (χ4v) is 1.01. The first-order chi connectivity index (χ1) is 6.85. The molecule has 0 spiro atoms. The third kappa shape index (κ3) is 8.06. The molecule has 2 heteroatoms. The van der Waals surface area contributed by atoms with E-state index < -0.39 is 0 Å². The highest BCUT2D eigenvalue weighted by Crippen LogP contribution is 1.97. The minimum Gasteiger partial charge on any atom is -0.349 e. The van der Waals surface area contributed by atoms with Gasteiger partial charge in [-0.3, -0.25) is 0 Å². The lowest BCUT2D eigenvalue weighted by Gasteiger charge is -2.10. The highest BCUT2D eigenvalue weighted by molar-refractivity contribution is 4.87. The Hall–Kier alpha value is -0.560. The van der Waals surface area contributed by atoms with Crippen molar-refractivity contribution in [3.05, 3.63) is 17.9 Å². The molecule has 0 N–H and O–H groups in total. The molecule has 0 amide bonds. The maximum absolute atomic E-state index is 5.33. The first-order valence-electron chi connectivity index (χ1n) is 5.49. The molecular formula is C12H22O2. The first kappa shape index (κ1) is 13.4. The average Bonchev–Trinajstić information content (AvgIpc) is 2.18. The second kappa shape index (κ2) is 10.5. The zero-order valence-corrected chi connectivity index (χ0v) is 9.58. The molecule has 0 aromatic carbocycles. The van der Waals surface area contributed by atoms with Gasteiger partial charge in [-0.25, -0.2) is 0 Å². The molecular weight excluding hydrogens is 176 g/mol. The first-order valence-corrected chi connectivity index (χ1v) is 5.49. The van der Waals surface area contributed by atoms with Crippen molar-refractivity contribution in [2.24, 2.45) is 0 Å². The summed E-state index contributed by atoms with van der Waals surface area (Å²) >= 11 is 0. The van der Waals surface area contributed by atoms with Crippen LogP contribution in [-0.2, 0) is 9.47 Å². The van der Waals surface area contributed by atoms with Gasteiger partial charge in [0.2, 0.25) is 0 Å². The van der Waals surface area contributed by atoms with Crippen LogP contribution in [0.15, 0.2) is 17.9 Å². The van der Waals surface area contributed by atoms with Gasteiger partial charge in [-0.15, -0.1) is 5.73 Å². The van der Waals surface area contributed by atoms with Crippen molar-refractivity contribution >= 4 is 0 Å². The summed E-state index contributed by atoms with van der Waals surface area (Å²) in [4.78, 5) is 0. The van der Waals surface area contributed by atoms with Gasteiger partial charge in [0.15, 0.2) is 6.29 Å². The second-order valence-corrected chi connectivity index (χ2v) is 2.96. The predicted octanol–water partition coefficient (Wildman–Crippen LogP) is 3.29. The Morgan fingerprint density at radius 2 is 1.79 bits per heavy atom. The predicted molar refractivity (Wildman–Crippen MR) is 59.2 cm³/mol. The summed E-state index contributed by atoms with van der Waals surface area (Å²) in [5.41, 5.74) is 3.09. The standard InChI is InChI=1S/C12H22O2/c1-4-7-8-9-10-11-12(13-5-2)14-6-3/h9,11-12H,4-8H2,1-3H3. The van der Waals surface area contributed by atoms with Crippen molar-refractivity contribution in [1.82, 2.24) is 0 Å². The van der Waals surface area contributed by atoms with Gasteiger partial charge >= 0.3 is 0 Å². The molecule has 0 fully saturated rings. The highest BCUT2D eigenvalue weighted by atomic mass is 16.7. The van der Waals surface area contributed by atoms with Gasteiger partial charge in [0.1, 0.15) is 0 Å². The lowest BCUT2D eigenvalue weighted by Crippen LogP contribution is -2.13. The molecule has 0 saturated carbocycles. The monoisotopic (exact) mass is 198 g/mol. The van der Waals surface area contributed by atoms with E-state index in [1.54, 1.807) is 0 Å². The lowest BCUT2D eigenvalue weighted by atomic mass is 10.2. The van der Waals surface area contributed by atoms with Gasteiger partial charge in [-0.1, -0.05) is 13.3 Å². The molecule has 0 atom stereocenters. The third-order valence-corrected chi connectivity index (χ3v) is 1.71. The van der Waals surface area contributed by atoms with E-state index in [-0.39, 0.29) is 6.29 Å². The van der Waals surface area contributed by atoms with Crippen LogP contribution in [0.2, 0.25) is 0 Å². The average molecular weight is 198 g/mol. The van der Waals surface area contributed by atoms with Crippen LogP contribution in [0.5, 0.6) is 0 Å². The van der Waals surface area contributed by atoms with Crippen LogP contribution in [0.25, 0.3) is 0 Å². The number of hydrogen-bond donors (Lipinski definition) is 0. The van der Waals surface area contributed by atoms with E-state index in [2.05, 4.69) is 12.7 Å². The van der Waals surface area contributed by atoms with Crippen LogP contribution in [0.1, 0.15) is 40.0 Å². The molecule has 0 unspecified atom stereocenters. The fourth-order valence-electron chi connectivity index (χ4n) is 1.01. The largest absolute Gasteiger partial charge is 0.349 e. The molecule has 0 aliphatic rings. The quantitative estimate of drug-likeness (QED) is 0.338. The molecule has 0 saturated heterocycles. The number of ether oxygens (including phenoxy) is 2. The molecule has 0 bridgehead atoms. The summed E-state index contributed by atoms with van der Waals surface area (Å²) in [7, 11) is 0. The molecule has 0 aromatic rings. The lowest BCUT2D eigenvalue weighted by molar-refractivity contribution is -0.103. The highest BCUT2D eigenvalue weighted by Gasteiger charge is 2.00. The number of hydrogen-bond acceptors (Lipinski definition) is 2. The Balaban J connectivity index is 3.80. The van der Waals surface area contributed by atoms with E-state index in [1.807, 2.05) is 26.0 Å². The van der Waals surface area contributed by atoms with Gasteiger partial charge in [0.05, 0.1) is 0 Å². The fraction of sp³-hybridized carbons (Fsp3) is 0.750. The van der Waals surface area contributed by atoms with E-state index in [4.69, 9.17) is 9.47 Å². The maximum Gasteiger partial charge on any atom is 0.184 e. The zero-order chi connectivity index (χ0) is 10.6. The summed E-state index contributed by atoms with van der Waals surface area (Å²) < 4.78 is 10.7. The van der Waals surface area contributed by atoms with E-state index in [1.165, 1.54) is 12.8 Å². The van der Waals surface area contributed by atoms with Crippen LogP contribution < -0.4 is 0 Å². The van der Waals surface area contributed by atoms with Gasteiger partial charge in [0, 0.05) is 19.3 Å². The van der Waals surface area contributed by atoms with E-state index in [0.717, 1.165) is 6.42 Å². The van der Waals surface area contributed by atoms with Crippen LogP contribution in [0.3, 0.4) is 0 Å². The van der Waals surface area contributed by atoms with Crippen molar-refractivity contribution in [3.63, 3.8) is 0 Å². The summed E-state index contributed by atoms with van der Waals surface area (Å²) in [5.74, 6) is 0. The van der Waals surface area contributed by atoms with E-state index in [9.17, 15) is 0 Å². The summed E-state index contributed by atoms with van der Waals surface area (Å²) in [6.07, 6.45) is 7.16. The minimum absolute atomic E-state index is 0.233. The SMILES string of the molecule is CCCCC=C=CC(OCC)OCC. The Morgan fingerprint density at radius 3 is 2.29 bits per heavy atom. The molecule has 0 heterocycles. The maximum atomic E-state index is 5.33. The zero-order valence-electron chi connectivity index (χ0n) is 9.58. The van der Waals surface area contributed by atoms with Crippen molar-refractivity contribution in [1.29, 1.82) is 0 Å². The third-order valence-electron chi connectivity index (χ3n) is 1.71. The number of unbranched alkanes of at least 4 members (excludes halogenated alkanes) is 2. The van der Waals surface area contributed by atoms with Gasteiger partial charge < -0.3 is 9.47 Å². The van der Waals surface area contributed by atoms with Crippen LogP contribution in [0, 0.1) is 0 Å². The molecule has 2 nitrogen and oxygen atoms in total. The van der Waals surface area contributed by atoms with Crippen LogP contribution in [-0.4, -0.2) is 19.5 Å². The minimum atomic E-state index is -0.233. The summed E-state index contributed by atoms with van der Waals surface area (Å²) in [6, 6.07) is 0. The van der Waals surface area contributed by atoms with Gasteiger partial charge in [0.25, 0.3) is 0 Å². The van der Waals surface area contributed by atoms with Crippen LogP contribution >= 0.6 is 0 Å². The van der Waals surface area contributed by atoms with Crippen molar-refractivity contribution < 1.29 is 9.47 Å². The normalized spacial score (nSPS) is 10.0. The van der Waals surface area contributed by atoms with Crippen molar-refractivity contribution in [3.8, 4) is 0 Å². The van der Waals surface area contributed by atoms with E-state index in [0.29, 0.717) is 13.2 Å². The molecule has 14 heavy (non-hydrogen) atoms. The molecule has 82 valence electrons. The Morgan fingerprint density at radius 1 is 1.14 bits per heavy atom. The summed E-state index contributed by atoms with van der Waals surface area (Å²) in [5, 5.41) is 0. The van der Waals surface area contributed by atoms with Crippen LogP contribution in [0.4, 0.5) is 0 Å². The molecule has 0 aliphatic carbocycles. The second-order valence-electron chi connectivity index (χ2n) is 2.96. The van der Waals surface area contributed by atoms with Crippen molar-refractivity contribution in [2.45, 2.75) is 46.3 Å². The number of rotatable bonds is 8. The van der Waals surface area contributed by atoms with Crippen molar-refractivity contribution in [2.75, 3.05) is 13.2 Å².